The van der Waals surface area contributed by atoms with Crippen LogP contribution in [0.5, 0.6) is 0 Å². The molecular weight excluding hydrogens is 204 g/mol. The molecule has 0 aliphatic rings. The molecule has 0 heterocycles. The van der Waals surface area contributed by atoms with Crippen LogP contribution in [0.4, 0.5) is 0 Å². The minimum Gasteiger partial charge on any atom is -0.478 e. The number of unbranched alkanes of at least 4 members (excludes halogenated alkanes) is 1. The van der Waals surface area contributed by atoms with Gasteiger partial charge in [-0.25, -0.2) is 4.79 Å². The van der Waals surface area contributed by atoms with Crippen molar-refractivity contribution in [2.45, 2.75) is 19.4 Å². The summed E-state index contributed by atoms with van der Waals surface area (Å²) in [5.41, 5.74) is 6.80. The first-order valence-electron chi connectivity index (χ1n) is 5.47. The van der Waals surface area contributed by atoms with Crippen molar-refractivity contribution in [2.75, 3.05) is 13.1 Å². The third kappa shape index (κ3) is 4.42. The third-order valence-electron chi connectivity index (χ3n) is 2.34. The summed E-state index contributed by atoms with van der Waals surface area (Å²) in [5, 5.41) is 12.0. The monoisotopic (exact) mass is 222 g/mol. The minimum atomic E-state index is -0.887. The van der Waals surface area contributed by atoms with Crippen LogP contribution in [0.2, 0.25) is 0 Å². The Morgan fingerprint density at radius 2 is 1.94 bits per heavy atom. The largest absolute Gasteiger partial charge is 0.478 e. The number of nitrogens with one attached hydrogen (secondary N) is 1. The second kappa shape index (κ2) is 6.98. The van der Waals surface area contributed by atoms with Gasteiger partial charge in [-0.2, -0.15) is 0 Å². The Balaban J connectivity index is 2.29. The first-order valence-corrected chi connectivity index (χ1v) is 5.47. The summed E-state index contributed by atoms with van der Waals surface area (Å²) in [6.45, 7) is 2.44. The van der Waals surface area contributed by atoms with Crippen LogP contribution in [0.15, 0.2) is 24.3 Å². The van der Waals surface area contributed by atoms with Gasteiger partial charge in [0.25, 0.3) is 0 Å². The lowest BCUT2D eigenvalue weighted by Gasteiger charge is -2.04. The standard InChI is InChI=1S/C12H18N2O2/c13-7-1-2-8-14-9-10-3-5-11(6-4-10)12(15)16/h3-6,14H,1-2,7-9,13H2,(H,15,16). The lowest BCUT2D eigenvalue weighted by Crippen LogP contribution is -2.15. The maximum absolute atomic E-state index is 10.6. The lowest BCUT2D eigenvalue weighted by atomic mass is 10.1. The first-order chi connectivity index (χ1) is 7.74. The van der Waals surface area contributed by atoms with E-state index in [1.165, 1.54) is 0 Å². The molecule has 0 unspecified atom stereocenters. The van der Waals surface area contributed by atoms with E-state index < -0.39 is 5.97 Å². The van der Waals surface area contributed by atoms with Gasteiger partial charge in [0.05, 0.1) is 5.56 Å². The van der Waals surface area contributed by atoms with Gasteiger partial charge in [0.15, 0.2) is 0 Å². The summed E-state index contributed by atoms with van der Waals surface area (Å²) in [6, 6.07) is 6.91. The molecule has 4 N–H and O–H groups in total. The zero-order valence-corrected chi connectivity index (χ0v) is 9.28. The van der Waals surface area contributed by atoms with E-state index in [0.717, 1.165) is 38.0 Å². The highest BCUT2D eigenvalue weighted by Gasteiger charge is 2.00. The van der Waals surface area contributed by atoms with Crippen molar-refractivity contribution in [3.63, 3.8) is 0 Å². The predicted octanol–water partition coefficient (Wildman–Crippen LogP) is 1.21. The fourth-order valence-corrected chi connectivity index (χ4v) is 1.39. The number of hydrogen-bond acceptors (Lipinski definition) is 3. The quantitative estimate of drug-likeness (QED) is 0.606. The summed E-state index contributed by atoms with van der Waals surface area (Å²) < 4.78 is 0. The molecule has 1 aromatic rings. The topological polar surface area (TPSA) is 75.3 Å². The van der Waals surface area contributed by atoms with E-state index in [2.05, 4.69) is 5.32 Å². The van der Waals surface area contributed by atoms with Gasteiger partial charge in [0.1, 0.15) is 0 Å². The highest BCUT2D eigenvalue weighted by Crippen LogP contribution is 2.04. The van der Waals surface area contributed by atoms with Gasteiger partial charge in [-0.3, -0.25) is 0 Å². The molecule has 0 bridgehead atoms. The van der Waals surface area contributed by atoms with Crippen molar-refractivity contribution in [3.8, 4) is 0 Å². The molecule has 1 aromatic carbocycles. The van der Waals surface area contributed by atoms with E-state index in [4.69, 9.17) is 10.8 Å². The maximum Gasteiger partial charge on any atom is 0.335 e. The van der Waals surface area contributed by atoms with Crippen molar-refractivity contribution in [3.05, 3.63) is 35.4 Å². The fraction of sp³-hybridized carbons (Fsp3) is 0.417. The Bertz CT molecular complexity index is 322. The number of hydrogen-bond donors (Lipinski definition) is 3. The Labute approximate surface area is 95.5 Å². The molecule has 0 fully saturated rings. The van der Waals surface area contributed by atoms with Gasteiger partial charge in [0.2, 0.25) is 0 Å². The molecule has 88 valence electrons. The number of carboxylic acid groups (broad SMARTS) is 1. The van der Waals surface area contributed by atoms with Gasteiger partial charge < -0.3 is 16.2 Å². The second-order valence-corrected chi connectivity index (χ2v) is 3.67. The predicted molar refractivity (Wildman–Crippen MR) is 63.4 cm³/mol. The van der Waals surface area contributed by atoms with Crippen molar-refractivity contribution in [1.82, 2.24) is 5.32 Å². The fourth-order valence-electron chi connectivity index (χ4n) is 1.39. The molecule has 1 rings (SSSR count). The van der Waals surface area contributed by atoms with Gasteiger partial charge in [-0.1, -0.05) is 12.1 Å². The summed E-state index contributed by atoms with van der Waals surface area (Å²) in [7, 11) is 0. The van der Waals surface area contributed by atoms with Crippen LogP contribution < -0.4 is 11.1 Å². The molecule has 0 aliphatic carbocycles. The number of rotatable bonds is 7. The molecule has 0 amide bonds. The van der Waals surface area contributed by atoms with E-state index in [-0.39, 0.29) is 0 Å². The zero-order valence-electron chi connectivity index (χ0n) is 9.28. The van der Waals surface area contributed by atoms with Gasteiger partial charge in [-0.05, 0) is 43.6 Å². The zero-order chi connectivity index (χ0) is 11.8. The van der Waals surface area contributed by atoms with Gasteiger partial charge in [0, 0.05) is 6.54 Å². The molecule has 0 spiro atoms. The van der Waals surface area contributed by atoms with Crippen LogP contribution in [-0.2, 0) is 6.54 Å². The lowest BCUT2D eigenvalue weighted by molar-refractivity contribution is 0.0697. The number of aromatic carboxylic acids is 1. The molecule has 0 radical (unpaired) electrons. The summed E-state index contributed by atoms with van der Waals surface area (Å²) in [5.74, 6) is -0.887. The Kier molecular flexibility index (Phi) is 5.53. The average Bonchev–Trinajstić information content (AvgIpc) is 2.29. The maximum atomic E-state index is 10.6. The van der Waals surface area contributed by atoms with Crippen molar-refractivity contribution in [2.24, 2.45) is 5.73 Å². The van der Waals surface area contributed by atoms with E-state index in [1.54, 1.807) is 12.1 Å². The van der Waals surface area contributed by atoms with Gasteiger partial charge >= 0.3 is 5.97 Å². The Hall–Kier alpha value is -1.39. The molecule has 0 atom stereocenters. The number of benzene rings is 1. The summed E-state index contributed by atoms with van der Waals surface area (Å²) >= 11 is 0. The Morgan fingerprint density at radius 1 is 1.25 bits per heavy atom. The first kappa shape index (κ1) is 12.7. The van der Waals surface area contributed by atoms with E-state index in [0.29, 0.717) is 5.56 Å². The van der Waals surface area contributed by atoms with E-state index in [9.17, 15) is 4.79 Å². The van der Waals surface area contributed by atoms with Crippen LogP contribution in [0, 0.1) is 0 Å². The van der Waals surface area contributed by atoms with Crippen LogP contribution >= 0.6 is 0 Å². The van der Waals surface area contributed by atoms with Crippen LogP contribution in [0.25, 0.3) is 0 Å². The summed E-state index contributed by atoms with van der Waals surface area (Å²) in [6.07, 6.45) is 2.11. The molecule has 4 nitrogen and oxygen atoms in total. The number of nitrogens with two attached hydrogens (primary N) is 1. The van der Waals surface area contributed by atoms with Crippen molar-refractivity contribution >= 4 is 5.97 Å². The summed E-state index contributed by atoms with van der Waals surface area (Å²) in [4.78, 5) is 10.6. The van der Waals surface area contributed by atoms with Crippen LogP contribution in [0.3, 0.4) is 0 Å². The molecule has 0 saturated heterocycles. The Morgan fingerprint density at radius 3 is 2.50 bits per heavy atom. The molecule has 0 saturated carbocycles. The molecule has 4 heteroatoms. The van der Waals surface area contributed by atoms with Crippen LogP contribution in [-0.4, -0.2) is 24.2 Å². The number of carbonyl (C=O) groups is 1. The van der Waals surface area contributed by atoms with E-state index in [1.807, 2.05) is 12.1 Å². The van der Waals surface area contributed by atoms with Gasteiger partial charge in [-0.15, -0.1) is 0 Å². The SMILES string of the molecule is NCCCCNCc1ccc(C(=O)O)cc1. The smallest absolute Gasteiger partial charge is 0.335 e. The molecular formula is C12H18N2O2. The minimum absolute atomic E-state index is 0.326. The molecule has 16 heavy (non-hydrogen) atoms. The normalized spacial score (nSPS) is 10.3. The van der Waals surface area contributed by atoms with Crippen molar-refractivity contribution < 1.29 is 9.90 Å². The van der Waals surface area contributed by atoms with E-state index >= 15 is 0 Å². The average molecular weight is 222 g/mol. The molecule has 0 aliphatic heterocycles. The molecule has 0 aromatic heterocycles. The highest BCUT2D eigenvalue weighted by atomic mass is 16.4. The second-order valence-electron chi connectivity index (χ2n) is 3.67. The van der Waals surface area contributed by atoms with Crippen molar-refractivity contribution in [1.29, 1.82) is 0 Å². The van der Waals surface area contributed by atoms with Crippen LogP contribution in [0.1, 0.15) is 28.8 Å². The third-order valence-corrected chi connectivity index (χ3v) is 2.34. The highest BCUT2D eigenvalue weighted by molar-refractivity contribution is 5.87. The number of carboxylic acids is 1.